The van der Waals surface area contributed by atoms with Crippen LogP contribution in [-0.2, 0) is 19.6 Å². The van der Waals surface area contributed by atoms with Crippen molar-refractivity contribution in [2.24, 2.45) is 0 Å². The van der Waals surface area contributed by atoms with Crippen LogP contribution in [0.3, 0.4) is 0 Å². The zero-order chi connectivity index (χ0) is 15.5. The molecule has 110 valence electrons. The van der Waals surface area contributed by atoms with Gasteiger partial charge >= 0.3 is 11.9 Å². The third-order valence-corrected chi connectivity index (χ3v) is 4.52. The van der Waals surface area contributed by atoms with E-state index in [2.05, 4.69) is 15.9 Å². The van der Waals surface area contributed by atoms with Crippen molar-refractivity contribution in [1.29, 1.82) is 0 Å². The molecule has 0 bridgehead atoms. The molecule has 9 heteroatoms. The number of hydrogen-bond acceptors (Lipinski definition) is 4. The number of aryl methyl sites for hydroxylation is 1. The van der Waals surface area contributed by atoms with Crippen molar-refractivity contribution in [2.45, 2.75) is 24.3 Å². The molecule has 0 fully saturated rings. The van der Waals surface area contributed by atoms with Gasteiger partial charge in [-0.15, -0.1) is 0 Å². The fourth-order valence-electron chi connectivity index (χ4n) is 1.47. The number of nitrogens with one attached hydrogen (secondary N) is 1. The molecule has 1 atom stereocenters. The van der Waals surface area contributed by atoms with Gasteiger partial charge in [-0.3, -0.25) is 9.59 Å². The zero-order valence-electron chi connectivity index (χ0n) is 10.3. The highest BCUT2D eigenvalue weighted by atomic mass is 79.9. The monoisotopic (exact) mass is 365 g/mol. The van der Waals surface area contributed by atoms with Crippen LogP contribution in [0.2, 0.25) is 0 Å². The Labute approximate surface area is 123 Å². The van der Waals surface area contributed by atoms with E-state index in [0.717, 1.165) is 0 Å². The van der Waals surface area contributed by atoms with Crippen molar-refractivity contribution in [3.05, 3.63) is 28.2 Å². The van der Waals surface area contributed by atoms with Crippen LogP contribution in [-0.4, -0.2) is 36.6 Å². The van der Waals surface area contributed by atoms with Crippen molar-refractivity contribution in [3.8, 4) is 0 Å². The van der Waals surface area contributed by atoms with Gasteiger partial charge in [0.1, 0.15) is 6.04 Å². The number of carboxylic acid groups (broad SMARTS) is 2. The second kappa shape index (κ2) is 6.33. The molecular weight excluding hydrogens is 354 g/mol. The van der Waals surface area contributed by atoms with Gasteiger partial charge in [0.15, 0.2) is 0 Å². The Morgan fingerprint density at radius 3 is 2.45 bits per heavy atom. The van der Waals surface area contributed by atoms with Crippen LogP contribution in [0, 0.1) is 6.92 Å². The molecule has 0 aliphatic carbocycles. The van der Waals surface area contributed by atoms with Gasteiger partial charge in [-0.25, -0.2) is 8.42 Å². The van der Waals surface area contributed by atoms with E-state index in [9.17, 15) is 18.0 Å². The molecule has 1 aromatic rings. The maximum absolute atomic E-state index is 12.1. The summed E-state index contributed by atoms with van der Waals surface area (Å²) in [5.41, 5.74) is 0.417. The summed E-state index contributed by atoms with van der Waals surface area (Å²) in [6, 6.07) is 2.78. The summed E-state index contributed by atoms with van der Waals surface area (Å²) >= 11 is 3.12. The number of halogens is 1. The quantitative estimate of drug-likeness (QED) is 0.690. The van der Waals surface area contributed by atoms with Gasteiger partial charge < -0.3 is 10.2 Å². The molecule has 0 amide bonds. The van der Waals surface area contributed by atoms with E-state index in [1.165, 1.54) is 6.07 Å². The fourth-order valence-corrected chi connectivity index (χ4v) is 3.44. The summed E-state index contributed by atoms with van der Waals surface area (Å²) in [5.74, 6) is -2.96. The van der Waals surface area contributed by atoms with E-state index < -0.39 is 34.4 Å². The number of hydrogen-bond donors (Lipinski definition) is 3. The molecule has 1 rings (SSSR count). The molecule has 20 heavy (non-hydrogen) atoms. The van der Waals surface area contributed by atoms with Crippen molar-refractivity contribution in [3.63, 3.8) is 0 Å². The van der Waals surface area contributed by atoms with Crippen LogP contribution in [0.15, 0.2) is 27.6 Å². The van der Waals surface area contributed by atoms with Gasteiger partial charge in [0.25, 0.3) is 0 Å². The topological polar surface area (TPSA) is 121 Å². The summed E-state index contributed by atoms with van der Waals surface area (Å²) in [6.07, 6.45) is -0.846. The first-order valence-electron chi connectivity index (χ1n) is 5.36. The van der Waals surface area contributed by atoms with Gasteiger partial charge in [-0.2, -0.15) is 4.72 Å². The molecule has 0 heterocycles. The minimum atomic E-state index is -4.13. The highest BCUT2D eigenvalue weighted by Crippen LogP contribution is 2.20. The highest BCUT2D eigenvalue weighted by Gasteiger charge is 2.28. The largest absolute Gasteiger partial charge is 0.481 e. The molecule has 0 saturated heterocycles. The van der Waals surface area contributed by atoms with Crippen LogP contribution in [0.1, 0.15) is 12.0 Å². The summed E-state index contributed by atoms with van der Waals surface area (Å²) in [6.45, 7) is 1.55. The minimum absolute atomic E-state index is 0.108. The van der Waals surface area contributed by atoms with Crippen molar-refractivity contribution in [1.82, 2.24) is 4.72 Å². The molecule has 0 aliphatic heterocycles. The average molecular weight is 366 g/mol. The van der Waals surface area contributed by atoms with E-state index in [1.54, 1.807) is 19.1 Å². The van der Waals surface area contributed by atoms with E-state index in [0.29, 0.717) is 10.0 Å². The Hall–Kier alpha value is -1.45. The lowest BCUT2D eigenvalue weighted by atomic mass is 10.2. The molecule has 0 aromatic heterocycles. The highest BCUT2D eigenvalue weighted by molar-refractivity contribution is 9.10. The molecule has 0 aliphatic rings. The van der Waals surface area contributed by atoms with Crippen LogP contribution in [0.5, 0.6) is 0 Å². The van der Waals surface area contributed by atoms with Gasteiger partial charge in [0.05, 0.1) is 11.3 Å². The number of carbonyl (C=O) groups is 2. The number of sulfonamides is 1. The zero-order valence-corrected chi connectivity index (χ0v) is 12.7. The first-order valence-corrected chi connectivity index (χ1v) is 7.64. The molecule has 1 aromatic carbocycles. The Bertz CT molecular complexity index is 642. The van der Waals surface area contributed by atoms with Gasteiger partial charge in [0, 0.05) is 4.47 Å². The standard InChI is InChI=1S/C11H12BrNO6S/c1-6-2-3-7(12)4-9(6)20(18,19)13-8(11(16)17)5-10(14)15/h2-4,8,13H,5H2,1H3,(H,14,15)(H,16,17)/t8-/m1/s1. The second-order valence-electron chi connectivity index (χ2n) is 4.02. The molecule has 0 spiro atoms. The molecule has 0 radical (unpaired) electrons. The van der Waals surface area contributed by atoms with Crippen LogP contribution in [0.4, 0.5) is 0 Å². The van der Waals surface area contributed by atoms with E-state index >= 15 is 0 Å². The van der Waals surface area contributed by atoms with Crippen molar-refractivity contribution in [2.75, 3.05) is 0 Å². The number of rotatable bonds is 6. The lowest BCUT2D eigenvalue weighted by molar-refractivity contribution is -0.145. The fraction of sp³-hybridized carbons (Fsp3) is 0.273. The molecule has 3 N–H and O–H groups in total. The summed E-state index contributed by atoms with van der Waals surface area (Å²) in [7, 11) is -4.13. The van der Waals surface area contributed by atoms with Crippen LogP contribution >= 0.6 is 15.9 Å². The second-order valence-corrected chi connectivity index (χ2v) is 6.62. The summed E-state index contributed by atoms with van der Waals surface area (Å²) < 4.78 is 26.6. The molecule has 0 saturated carbocycles. The van der Waals surface area contributed by atoms with Crippen LogP contribution in [0.25, 0.3) is 0 Å². The average Bonchev–Trinajstić information content (AvgIpc) is 2.30. The number of aliphatic carboxylic acids is 2. The third kappa shape index (κ3) is 4.29. The number of benzene rings is 1. The Morgan fingerprint density at radius 1 is 1.35 bits per heavy atom. The Balaban J connectivity index is 3.12. The van der Waals surface area contributed by atoms with Crippen LogP contribution < -0.4 is 4.72 Å². The maximum Gasteiger partial charge on any atom is 0.322 e. The van der Waals surface area contributed by atoms with Gasteiger partial charge in [-0.1, -0.05) is 22.0 Å². The normalized spacial score (nSPS) is 12.9. The smallest absolute Gasteiger partial charge is 0.322 e. The summed E-state index contributed by atoms with van der Waals surface area (Å²) in [5, 5.41) is 17.4. The van der Waals surface area contributed by atoms with Gasteiger partial charge in [0.2, 0.25) is 10.0 Å². The molecule has 0 unspecified atom stereocenters. The predicted molar refractivity (Wildman–Crippen MR) is 72.9 cm³/mol. The molecular formula is C11H12BrNO6S. The SMILES string of the molecule is Cc1ccc(Br)cc1S(=O)(=O)N[C@H](CC(=O)O)C(=O)O. The van der Waals surface area contributed by atoms with Gasteiger partial charge in [-0.05, 0) is 24.6 Å². The first-order chi connectivity index (χ1) is 9.13. The maximum atomic E-state index is 12.1. The number of carboxylic acids is 2. The van der Waals surface area contributed by atoms with E-state index in [-0.39, 0.29) is 4.90 Å². The lowest BCUT2D eigenvalue weighted by Gasteiger charge is -2.14. The lowest BCUT2D eigenvalue weighted by Crippen LogP contribution is -2.42. The Kier molecular flexibility index (Phi) is 5.26. The predicted octanol–water partition coefficient (Wildman–Crippen LogP) is 0.964. The van der Waals surface area contributed by atoms with E-state index in [4.69, 9.17) is 10.2 Å². The van der Waals surface area contributed by atoms with E-state index in [1.807, 2.05) is 4.72 Å². The Morgan fingerprint density at radius 2 is 1.95 bits per heavy atom. The third-order valence-electron chi connectivity index (χ3n) is 2.41. The summed E-state index contributed by atoms with van der Waals surface area (Å²) in [4.78, 5) is 21.3. The van der Waals surface area contributed by atoms with Crippen molar-refractivity contribution >= 4 is 37.9 Å². The molecule has 7 nitrogen and oxygen atoms in total. The first kappa shape index (κ1) is 16.6. The minimum Gasteiger partial charge on any atom is -0.481 e. The van der Waals surface area contributed by atoms with Crippen molar-refractivity contribution < 1.29 is 28.2 Å².